The minimum absolute atomic E-state index is 0.425. The SMILES string of the molecule is CCc1cccc2c(C(CCNC)c3ccccc3)c[nH]c12. The number of benzene rings is 2. The Morgan fingerprint density at radius 2 is 1.86 bits per heavy atom. The first-order valence-corrected chi connectivity index (χ1v) is 8.13. The van der Waals surface area contributed by atoms with Gasteiger partial charge in [-0.25, -0.2) is 0 Å². The van der Waals surface area contributed by atoms with Gasteiger partial charge in [-0.15, -0.1) is 0 Å². The molecule has 0 aliphatic carbocycles. The van der Waals surface area contributed by atoms with E-state index in [0.717, 1.165) is 19.4 Å². The van der Waals surface area contributed by atoms with Crippen molar-refractivity contribution in [3.05, 3.63) is 71.4 Å². The van der Waals surface area contributed by atoms with Crippen LogP contribution in [0.5, 0.6) is 0 Å². The van der Waals surface area contributed by atoms with Crippen molar-refractivity contribution in [2.75, 3.05) is 13.6 Å². The first-order valence-electron chi connectivity index (χ1n) is 8.13. The van der Waals surface area contributed by atoms with Crippen LogP contribution in [0.15, 0.2) is 54.7 Å². The molecule has 0 aliphatic heterocycles. The summed E-state index contributed by atoms with van der Waals surface area (Å²) in [5.41, 5.74) is 5.49. The lowest BCUT2D eigenvalue weighted by Gasteiger charge is -2.17. The van der Waals surface area contributed by atoms with Crippen LogP contribution in [0.25, 0.3) is 10.9 Å². The third kappa shape index (κ3) is 2.79. The predicted molar refractivity (Wildman–Crippen MR) is 94.5 cm³/mol. The lowest BCUT2D eigenvalue weighted by atomic mass is 9.88. The van der Waals surface area contributed by atoms with Crippen molar-refractivity contribution in [3.8, 4) is 0 Å². The van der Waals surface area contributed by atoms with E-state index in [2.05, 4.69) is 72.0 Å². The number of H-pyrrole nitrogens is 1. The van der Waals surface area contributed by atoms with Gasteiger partial charge in [-0.2, -0.15) is 0 Å². The fourth-order valence-electron chi connectivity index (χ4n) is 3.30. The Morgan fingerprint density at radius 3 is 2.59 bits per heavy atom. The van der Waals surface area contributed by atoms with E-state index in [-0.39, 0.29) is 0 Å². The largest absolute Gasteiger partial charge is 0.361 e. The molecule has 1 unspecified atom stereocenters. The molecule has 3 rings (SSSR count). The highest BCUT2D eigenvalue weighted by Crippen LogP contribution is 2.34. The van der Waals surface area contributed by atoms with E-state index in [9.17, 15) is 0 Å². The van der Waals surface area contributed by atoms with Gasteiger partial charge in [0.05, 0.1) is 0 Å². The Labute approximate surface area is 132 Å². The zero-order valence-electron chi connectivity index (χ0n) is 13.4. The molecule has 22 heavy (non-hydrogen) atoms. The second-order valence-electron chi connectivity index (χ2n) is 5.79. The zero-order chi connectivity index (χ0) is 15.4. The Kier molecular flexibility index (Phi) is 4.59. The maximum atomic E-state index is 3.51. The number of rotatable bonds is 6. The third-order valence-electron chi connectivity index (χ3n) is 4.48. The van der Waals surface area contributed by atoms with Gasteiger partial charge in [0.1, 0.15) is 0 Å². The summed E-state index contributed by atoms with van der Waals surface area (Å²) < 4.78 is 0. The van der Waals surface area contributed by atoms with Crippen LogP contribution in [0.2, 0.25) is 0 Å². The zero-order valence-corrected chi connectivity index (χ0v) is 13.4. The van der Waals surface area contributed by atoms with Gasteiger partial charge in [-0.1, -0.05) is 55.5 Å². The molecule has 1 atom stereocenters. The fraction of sp³-hybridized carbons (Fsp3) is 0.300. The van der Waals surface area contributed by atoms with Gasteiger partial charge in [0.15, 0.2) is 0 Å². The summed E-state index contributed by atoms with van der Waals surface area (Å²) in [5, 5.41) is 4.66. The summed E-state index contributed by atoms with van der Waals surface area (Å²) in [6.07, 6.45) is 4.37. The molecule has 1 heterocycles. The molecule has 0 spiro atoms. The van der Waals surface area contributed by atoms with Gasteiger partial charge in [0.25, 0.3) is 0 Å². The van der Waals surface area contributed by atoms with Crippen LogP contribution in [0.3, 0.4) is 0 Å². The number of para-hydroxylation sites is 1. The first kappa shape index (κ1) is 14.9. The maximum absolute atomic E-state index is 3.51. The van der Waals surface area contributed by atoms with Crippen LogP contribution >= 0.6 is 0 Å². The standard InChI is InChI=1S/C20H24N2/c1-3-15-10-7-11-18-19(14-22-20(15)18)17(12-13-21-2)16-8-5-4-6-9-16/h4-11,14,17,21-22H,3,12-13H2,1-2H3. The average molecular weight is 292 g/mol. The highest BCUT2D eigenvalue weighted by molar-refractivity contribution is 5.87. The smallest absolute Gasteiger partial charge is 0.0489 e. The Morgan fingerprint density at radius 1 is 1.05 bits per heavy atom. The van der Waals surface area contributed by atoms with Crippen LogP contribution in [-0.4, -0.2) is 18.6 Å². The Bertz CT molecular complexity index is 728. The van der Waals surface area contributed by atoms with E-state index in [1.165, 1.54) is 27.6 Å². The number of fused-ring (bicyclic) bond motifs is 1. The van der Waals surface area contributed by atoms with Crippen molar-refractivity contribution in [1.82, 2.24) is 10.3 Å². The molecule has 0 saturated carbocycles. The third-order valence-corrected chi connectivity index (χ3v) is 4.48. The number of hydrogen-bond donors (Lipinski definition) is 2. The van der Waals surface area contributed by atoms with Crippen LogP contribution in [-0.2, 0) is 6.42 Å². The van der Waals surface area contributed by atoms with Crippen molar-refractivity contribution in [1.29, 1.82) is 0 Å². The molecule has 0 radical (unpaired) electrons. The van der Waals surface area contributed by atoms with Gasteiger partial charge >= 0.3 is 0 Å². The van der Waals surface area contributed by atoms with Crippen LogP contribution < -0.4 is 5.32 Å². The fourth-order valence-corrected chi connectivity index (χ4v) is 3.30. The topological polar surface area (TPSA) is 27.8 Å². The summed E-state index contributed by atoms with van der Waals surface area (Å²) in [7, 11) is 2.02. The quantitative estimate of drug-likeness (QED) is 0.689. The Hall–Kier alpha value is -2.06. The molecular weight excluding hydrogens is 268 g/mol. The van der Waals surface area contributed by atoms with E-state index < -0.39 is 0 Å². The minimum Gasteiger partial charge on any atom is -0.361 e. The van der Waals surface area contributed by atoms with E-state index in [4.69, 9.17) is 0 Å². The van der Waals surface area contributed by atoms with Crippen molar-refractivity contribution < 1.29 is 0 Å². The second kappa shape index (κ2) is 6.80. The van der Waals surface area contributed by atoms with Gasteiger partial charge < -0.3 is 10.3 Å². The minimum atomic E-state index is 0.425. The highest BCUT2D eigenvalue weighted by atomic mass is 14.8. The second-order valence-corrected chi connectivity index (χ2v) is 5.79. The van der Waals surface area contributed by atoms with Gasteiger partial charge in [-0.3, -0.25) is 0 Å². The van der Waals surface area contributed by atoms with Gasteiger partial charge in [0, 0.05) is 23.0 Å². The van der Waals surface area contributed by atoms with E-state index in [0.29, 0.717) is 5.92 Å². The number of aromatic amines is 1. The van der Waals surface area contributed by atoms with E-state index >= 15 is 0 Å². The molecule has 3 aromatic rings. The van der Waals surface area contributed by atoms with E-state index in [1.807, 2.05) is 7.05 Å². The lowest BCUT2D eigenvalue weighted by molar-refractivity contribution is 0.664. The summed E-state index contributed by atoms with van der Waals surface area (Å²) in [6.45, 7) is 3.23. The monoisotopic (exact) mass is 292 g/mol. The predicted octanol–water partition coefficient (Wildman–Crippen LogP) is 4.47. The molecule has 0 aliphatic rings. The number of aryl methyl sites for hydroxylation is 1. The lowest BCUT2D eigenvalue weighted by Crippen LogP contribution is -2.13. The highest BCUT2D eigenvalue weighted by Gasteiger charge is 2.18. The number of nitrogens with one attached hydrogen (secondary N) is 2. The normalized spacial score (nSPS) is 12.6. The molecule has 2 nitrogen and oxygen atoms in total. The molecule has 2 N–H and O–H groups in total. The first-order chi connectivity index (χ1) is 10.8. The summed E-state index contributed by atoms with van der Waals surface area (Å²) >= 11 is 0. The van der Waals surface area contributed by atoms with Crippen molar-refractivity contribution in [2.24, 2.45) is 0 Å². The summed E-state index contributed by atoms with van der Waals surface area (Å²) in [6, 6.07) is 17.5. The maximum Gasteiger partial charge on any atom is 0.0489 e. The molecule has 2 aromatic carbocycles. The average Bonchev–Trinajstić information content (AvgIpc) is 3.00. The Balaban J connectivity index is 2.08. The van der Waals surface area contributed by atoms with Crippen LogP contribution in [0.1, 0.15) is 36.0 Å². The number of aromatic nitrogens is 1. The van der Waals surface area contributed by atoms with Crippen molar-refractivity contribution >= 4 is 10.9 Å². The van der Waals surface area contributed by atoms with Gasteiger partial charge in [0.2, 0.25) is 0 Å². The molecule has 0 amide bonds. The number of hydrogen-bond acceptors (Lipinski definition) is 1. The van der Waals surface area contributed by atoms with Gasteiger partial charge in [-0.05, 0) is 43.1 Å². The van der Waals surface area contributed by atoms with Crippen LogP contribution in [0, 0.1) is 0 Å². The van der Waals surface area contributed by atoms with Crippen molar-refractivity contribution in [2.45, 2.75) is 25.7 Å². The van der Waals surface area contributed by atoms with Crippen LogP contribution in [0.4, 0.5) is 0 Å². The summed E-state index contributed by atoms with van der Waals surface area (Å²) in [5.74, 6) is 0.425. The molecule has 114 valence electrons. The van der Waals surface area contributed by atoms with E-state index in [1.54, 1.807) is 0 Å². The molecule has 2 heteroatoms. The molecule has 1 aromatic heterocycles. The molecule has 0 fully saturated rings. The molecule has 0 bridgehead atoms. The summed E-state index contributed by atoms with van der Waals surface area (Å²) in [4.78, 5) is 3.51. The van der Waals surface area contributed by atoms with Crippen molar-refractivity contribution in [3.63, 3.8) is 0 Å². The molecule has 0 saturated heterocycles. The molecular formula is C20H24N2.